The highest BCUT2D eigenvalue weighted by atomic mass is 16.5. The summed E-state index contributed by atoms with van der Waals surface area (Å²) in [6.07, 6.45) is 15.1. The van der Waals surface area contributed by atoms with Crippen LogP contribution in [-0.4, -0.2) is 35.5 Å². The van der Waals surface area contributed by atoms with Crippen molar-refractivity contribution >= 4 is 5.97 Å². The van der Waals surface area contributed by atoms with Crippen LogP contribution in [0.5, 0.6) is 0 Å². The Bertz CT molecular complexity index is 268. The van der Waals surface area contributed by atoms with E-state index in [0.29, 0.717) is 6.42 Å². The van der Waals surface area contributed by atoms with Crippen molar-refractivity contribution in [1.29, 1.82) is 0 Å². The molecule has 0 fully saturated rings. The average molecular weight is 331 g/mol. The van der Waals surface area contributed by atoms with Gasteiger partial charge in [-0.3, -0.25) is 0 Å². The van der Waals surface area contributed by atoms with Crippen LogP contribution in [0.15, 0.2) is 0 Å². The van der Waals surface area contributed by atoms with Gasteiger partial charge in [-0.15, -0.1) is 0 Å². The molecule has 23 heavy (non-hydrogen) atoms. The van der Waals surface area contributed by atoms with Gasteiger partial charge in [-0.05, 0) is 6.42 Å². The van der Waals surface area contributed by atoms with E-state index in [1.807, 2.05) is 0 Å². The molecule has 2 atom stereocenters. The fraction of sp³-hybridized carbons (Fsp3) is 0.947. The van der Waals surface area contributed by atoms with Gasteiger partial charge in [0.1, 0.15) is 0 Å². The molecule has 0 bridgehead atoms. The Morgan fingerprint density at radius 2 is 1.22 bits per heavy atom. The molecule has 0 aliphatic rings. The monoisotopic (exact) mass is 330 g/mol. The summed E-state index contributed by atoms with van der Waals surface area (Å²) in [6.45, 7) is 2.25. The lowest BCUT2D eigenvalue weighted by Gasteiger charge is -2.17. The van der Waals surface area contributed by atoms with E-state index in [9.17, 15) is 9.90 Å². The second-order valence-electron chi connectivity index (χ2n) is 6.59. The molecule has 0 aliphatic heterocycles. The van der Waals surface area contributed by atoms with Crippen molar-refractivity contribution in [2.75, 3.05) is 7.11 Å². The number of unbranched alkanes of at least 4 members (excludes halogenated alkanes) is 12. The summed E-state index contributed by atoms with van der Waals surface area (Å²) in [4.78, 5) is 10.8. The standard InChI is InChI=1S/C19H38O4/c1-3-4-5-6-7-8-9-10-11-12-13-14-15-16-17(20)18(23-2)19(21)22/h17-18,20H,3-16H2,1-2H3,(H,21,22). The van der Waals surface area contributed by atoms with Crippen molar-refractivity contribution in [3.63, 3.8) is 0 Å². The van der Waals surface area contributed by atoms with Crippen LogP contribution in [0.3, 0.4) is 0 Å². The maximum absolute atomic E-state index is 10.8. The van der Waals surface area contributed by atoms with Crippen molar-refractivity contribution in [3.05, 3.63) is 0 Å². The number of aliphatic hydroxyl groups is 1. The van der Waals surface area contributed by atoms with Gasteiger partial charge in [0.15, 0.2) is 6.10 Å². The smallest absolute Gasteiger partial charge is 0.335 e. The van der Waals surface area contributed by atoms with Crippen LogP contribution in [0.1, 0.15) is 96.8 Å². The van der Waals surface area contributed by atoms with Gasteiger partial charge in [-0.25, -0.2) is 4.79 Å². The molecule has 0 radical (unpaired) electrons. The van der Waals surface area contributed by atoms with Crippen LogP contribution in [0.25, 0.3) is 0 Å². The van der Waals surface area contributed by atoms with Crippen LogP contribution >= 0.6 is 0 Å². The molecule has 4 heteroatoms. The molecule has 0 saturated heterocycles. The van der Waals surface area contributed by atoms with Crippen molar-refractivity contribution in [1.82, 2.24) is 0 Å². The Morgan fingerprint density at radius 1 is 0.826 bits per heavy atom. The normalized spacial score (nSPS) is 13.9. The Hall–Kier alpha value is -0.610. The first-order valence-electron chi connectivity index (χ1n) is 9.57. The minimum Gasteiger partial charge on any atom is -0.479 e. The first kappa shape index (κ1) is 22.4. The molecule has 2 N–H and O–H groups in total. The zero-order chi connectivity index (χ0) is 17.3. The molecule has 0 aromatic carbocycles. The van der Waals surface area contributed by atoms with E-state index in [2.05, 4.69) is 6.92 Å². The van der Waals surface area contributed by atoms with Crippen molar-refractivity contribution in [2.45, 2.75) is 109 Å². The number of aliphatic carboxylic acids is 1. The zero-order valence-corrected chi connectivity index (χ0v) is 15.3. The molecule has 0 rings (SSSR count). The molecular weight excluding hydrogens is 292 g/mol. The lowest BCUT2D eigenvalue weighted by atomic mass is 10.0. The SMILES string of the molecule is CCCCCCCCCCCCCCCC(O)C(OC)C(=O)O. The van der Waals surface area contributed by atoms with Gasteiger partial charge < -0.3 is 14.9 Å². The summed E-state index contributed by atoms with van der Waals surface area (Å²) in [5, 5.41) is 18.6. The van der Waals surface area contributed by atoms with E-state index in [1.54, 1.807) is 0 Å². The maximum Gasteiger partial charge on any atom is 0.335 e. The highest BCUT2D eigenvalue weighted by Crippen LogP contribution is 2.14. The predicted molar refractivity (Wildman–Crippen MR) is 94.8 cm³/mol. The third-order valence-corrected chi connectivity index (χ3v) is 4.45. The molecule has 0 aromatic rings. The lowest BCUT2D eigenvalue weighted by molar-refractivity contribution is -0.155. The first-order chi connectivity index (χ1) is 11.1. The molecule has 0 heterocycles. The topological polar surface area (TPSA) is 66.8 Å². The minimum absolute atomic E-state index is 0.503. The molecule has 0 amide bonds. The van der Waals surface area contributed by atoms with Crippen LogP contribution in [0.4, 0.5) is 0 Å². The van der Waals surface area contributed by atoms with Gasteiger partial charge in [0.25, 0.3) is 0 Å². The van der Waals surface area contributed by atoms with Crippen LogP contribution < -0.4 is 0 Å². The highest BCUT2D eigenvalue weighted by molar-refractivity contribution is 5.73. The van der Waals surface area contributed by atoms with Gasteiger partial charge in [-0.1, -0.05) is 90.4 Å². The van der Waals surface area contributed by atoms with Crippen molar-refractivity contribution in [3.8, 4) is 0 Å². The van der Waals surface area contributed by atoms with Crippen molar-refractivity contribution < 1.29 is 19.7 Å². The molecule has 0 saturated carbocycles. The van der Waals surface area contributed by atoms with E-state index in [4.69, 9.17) is 9.84 Å². The van der Waals surface area contributed by atoms with Crippen molar-refractivity contribution in [2.24, 2.45) is 0 Å². The average Bonchev–Trinajstić information content (AvgIpc) is 2.52. The Balaban J connectivity index is 3.29. The maximum atomic E-state index is 10.8. The molecule has 0 aliphatic carbocycles. The summed E-state index contributed by atoms with van der Waals surface area (Å²) in [5.41, 5.74) is 0. The van der Waals surface area contributed by atoms with Crippen LogP contribution in [0, 0.1) is 0 Å². The summed E-state index contributed by atoms with van der Waals surface area (Å²) in [6, 6.07) is 0. The second-order valence-corrected chi connectivity index (χ2v) is 6.59. The van der Waals surface area contributed by atoms with E-state index in [0.717, 1.165) is 12.8 Å². The Labute approximate surface area is 142 Å². The zero-order valence-electron chi connectivity index (χ0n) is 15.3. The number of methoxy groups -OCH3 is 1. The largest absolute Gasteiger partial charge is 0.479 e. The molecule has 0 aromatic heterocycles. The Morgan fingerprint density at radius 3 is 1.57 bits per heavy atom. The number of hydrogen-bond donors (Lipinski definition) is 2. The number of carboxylic acid groups (broad SMARTS) is 1. The van der Waals surface area contributed by atoms with E-state index < -0.39 is 18.2 Å². The third-order valence-electron chi connectivity index (χ3n) is 4.45. The second kappa shape index (κ2) is 16.3. The predicted octanol–water partition coefficient (Wildman–Crippen LogP) is 4.93. The number of aliphatic hydroxyl groups excluding tert-OH is 1. The van der Waals surface area contributed by atoms with E-state index >= 15 is 0 Å². The number of carboxylic acids is 1. The molecule has 0 spiro atoms. The van der Waals surface area contributed by atoms with E-state index in [-0.39, 0.29) is 0 Å². The molecule has 138 valence electrons. The van der Waals surface area contributed by atoms with Crippen LogP contribution in [-0.2, 0) is 9.53 Å². The number of ether oxygens (including phenoxy) is 1. The minimum atomic E-state index is -1.09. The molecular formula is C19H38O4. The summed E-state index contributed by atoms with van der Waals surface area (Å²) in [5.74, 6) is -1.09. The summed E-state index contributed by atoms with van der Waals surface area (Å²) in [7, 11) is 1.33. The molecule has 4 nitrogen and oxygen atoms in total. The number of hydrogen-bond acceptors (Lipinski definition) is 3. The Kier molecular flexibility index (Phi) is 15.8. The van der Waals surface area contributed by atoms with Gasteiger partial charge >= 0.3 is 5.97 Å². The highest BCUT2D eigenvalue weighted by Gasteiger charge is 2.25. The van der Waals surface area contributed by atoms with E-state index in [1.165, 1.54) is 77.7 Å². The van der Waals surface area contributed by atoms with Gasteiger partial charge in [0.2, 0.25) is 0 Å². The number of rotatable bonds is 17. The quantitative estimate of drug-likeness (QED) is 0.371. The fourth-order valence-electron chi connectivity index (χ4n) is 2.95. The van der Waals surface area contributed by atoms with Gasteiger partial charge in [-0.2, -0.15) is 0 Å². The van der Waals surface area contributed by atoms with Crippen LogP contribution in [0.2, 0.25) is 0 Å². The van der Waals surface area contributed by atoms with Gasteiger partial charge in [0.05, 0.1) is 6.10 Å². The summed E-state index contributed by atoms with van der Waals surface area (Å²) < 4.78 is 4.79. The summed E-state index contributed by atoms with van der Waals surface area (Å²) >= 11 is 0. The first-order valence-corrected chi connectivity index (χ1v) is 9.57. The van der Waals surface area contributed by atoms with Gasteiger partial charge in [0, 0.05) is 7.11 Å². The fourth-order valence-corrected chi connectivity index (χ4v) is 2.95. The molecule has 2 unspecified atom stereocenters. The lowest BCUT2D eigenvalue weighted by Crippen LogP contribution is -2.35. The third kappa shape index (κ3) is 13.5. The number of carbonyl (C=O) groups is 1.